The van der Waals surface area contributed by atoms with Crippen LogP contribution in [-0.2, 0) is 24.3 Å². The zero-order chi connectivity index (χ0) is 17.4. The predicted molar refractivity (Wildman–Crippen MR) is 86.3 cm³/mol. The van der Waals surface area contributed by atoms with Gasteiger partial charge in [-0.2, -0.15) is 0 Å². The Labute approximate surface area is 143 Å². The van der Waals surface area contributed by atoms with Crippen molar-refractivity contribution in [2.45, 2.75) is 30.4 Å². The average molecular weight is 405 g/mol. The minimum atomic E-state index is -4.09. The summed E-state index contributed by atoms with van der Waals surface area (Å²) in [7, 11) is -2.96. The highest BCUT2D eigenvalue weighted by atomic mass is 79.9. The number of nitrogens with zero attached hydrogens (tertiary/aromatic N) is 1. The number of ether oxygens (including phenoxy) is 1. The molecule has 1 aliphatic heterocycles. The van der Waals surface area contributed by atoms with Crippen LogP contribution in [0.2, 0.25) is 0 Å². The number of aryl methyl sites for hydroxylation is 1. The van der Waals surface area contributed by atoms with Gasteiger partial charge in [0, 0.05) is 0 Å². The fourth-order valence-electron chi connectivity index (χ4n) is 2.49. The lowest BCUT2D eigenvalue weighted by molar-refractivity contribution is -0.151. The lowest BCUT2D eigenvalue weighted by atomic mass is 10.2. The van der Waals surface area contributed by atoms with Crippen LogP contribution in [0.25, 0.3) is 0 Å². The molecule has 1 N–H and O–H groups in total. The van der Waals surface area contributed by atoms with Gasteiger partial charge in [-0.25, -0.2) is 13.2 Å². The molecule has 0 saturated carbocycles. The molecule has 0 aliphatic carbocycles. The van der Waals surface area contributed by atoms with E-state index < -0.39 is 33.6 Å². The van der Waals surface area contributed by atoms with Gasteiger partial charge in [-0.1, -0.05) is 33.6 Å². The van der Waals surface area contributed by atoms with E-state index in [0.29, 0.717) is 0 Å². The predicted octanol–water partition coefficient (Wildman–Crippen LogP) is 0.768. The Morgan fingerprint density at radius 3 is 2.43 bits per heavy atom. The van der Waals surface area contributed by atoms with Crippen molar-refractivity contribution in [2.24, 2.45) is 0 Å². The van der Waals surface area contributed by atoms with Crippen LogP contribution in [0, 0.1) is 6.92 Å². The summed E-state index contributed by atoms with van der Waals surface area (Å²) >= 11 is 3.13. The van der Waals surface area contributed by atoms with Gasteiger partial charge in [-0.05, 0) is 26.0 Å². The Bertz CT molecular complexity index is 734. The van der Waals surface area contributed by atoms with Crippen molar-refractivity contribution in [3.63, 3.8) is 0 Å². The number of methoxy groups -OCH3 is 1. The van der Waals surface area contributed by atoms with E-state index in [4.69, 9.17) is 4.74 Å². The maximum Gasteiger partial charge on any atom is 0.349 e. The smallest absolute Gasteiger partial charge is 0.349 e. The molecule has 9 heteroatoms. The molecule has 1 heterocycles. The monoisotopic (exact) mass is 404 g/mol. The van der Waals surface area contributed by atoms with Crippen LogP contribution in [-0.4, -0.2) is 48.7 Å². The molecule has 1 amide bonds. The van der Waals surface area contributed by atoms with Crippen LogP contribution in [0.3, 0.4) is 0 Å². The standard InChI is InChI=1S/C14H17BrN2O5S/c1-9-4-6-11(7-5-9)23(20,21)17-10(2)12(18)16-14(17,8-15)13(19)22-3/h4-7,10H,8H2,1-3H3,(H,16,18). The van der Waals surface area contributed by atoms with E-state index in [1.54, 1.807) is 12.1 Å². The molecule has 1 aromatic rings. The number of carbonyl (C=O) groups is 2. The molecule has 0 bridgehead atoms. The number of nitrogens with one attached hydrogen (secondary N) is 1. The number of carbonyl (C=O) groups excluding carboxylic acids is 2. The first-order valence-electron chi connectivity index (χ1n) is 6.78. The van der Waals surface area contributed by atoms with Crippen LogP contribution >= 0.6 is 15.9 Å². The molecule has 1 aromatic carbocycles. The SMILES string of the molecule is COC(=O)C1(CBr)NC(=O)C(C)N1S(=O)(=O)c1ccc(C)cc1. The molecule has 2 unspecified atom stereocenters. The summed E-state index contributed by atoms with van der Waals surface area (Å²) in [5.41, 5.74) is -0.915. The Balaban J connectivity index is 2.62. The Morgan fingerprint density at radius 2 is 1.96 bits per heavy atom. The molecule has 0 aromatic heterocycles. The molecule has 7 nitrogen and oxygen atoms in total. The van der Waals surface area contributed by atoms with Crippen molar-refractivity contribution in [1.29, 1.82) is 0 Å². The maximum atomic E-state index is 13.0. The summed E-state index contributed by atoms with van der Waals surface area (Å²) in [6, 6.07) is 5.14. The summed E-state index contributed by atoms with van der Waals surface area (Å²) in [4.78, 5) is 24.3. The molecule has 2 atom stereocenters. The Morgan fingerprint density at radius 1 is 1.39 bits per heavy atom. The van der Waals surface area contributed by atoms with Gasteiger partial charge in [0.05, 0.1) is 17.3 Å². The normalized spacial score (nSPS) is 25.2. The van der Waals surface area contributed by atoms with E-state index in [1.165, 1.54) is 19.1 Å². The molecule has 0 radical (unpaired) electrons. The van der Waals surface area contributed by atoms with Gasteiger partial charge in [0.25, 0.3) is 0 Å². The number of alkyl halides is 1. The highest BCUT2D eigenvalue weighted by molar-refractivity contribution is 9.09. The number of rotatable bonds is 4. The molecular weight excluding hydrogens is 388 g/mol. The molecule has 126 valence electrons. The largest absolute Gasteiger partial charge is 0.466 e. The summed E-state index contributed by atoms with van der Waals surface area (Å²) in [6.07, 6.45) is 0. The molecular formula is C14H17BrN2O5S. The van der Waals surface area contributed by atoms with E-state index in [1.807, 2.05) is 6.92 Å². The molecule has 1 aliphatic rings. The lowest BCUT2D eigenvalue weighted by Gasteiger charge is -2.33. The fraction of sp³-hybridized carbons (Fsp3) is 0.429. The van der Waals surface area contributed by atoms with E-state index in [-0.39, 0.29) is 10.2 Å². The van der Waals surface area contributed by atoms with Crippen LogP contribution in [0.15, 0.2) is 29.2 Å². The van der Waals surface area contributed by atoms with Gasteiger partial charge in [0.2, 0.25) is 21.6 Å². The highest BCUT2D eigenvalue weighted by Crippen LogP contribution is 2.33. The maximum absolute atomic E-state index is 13.0. The van der Waals surface area contributed by atoms with Gasteiger partial charge in [0.1, 0.15) is 6.04 Å². The molecule has 23 heavy (non-hydrogen) atoms. The van der Waals surface area contributed by atoms with Gasteiger partial charge in [-0.3, -0.25) is 4.79 Å². The molecule has 2 rings (SSSR count). The quantitative estimate of drug-likeness (QED) is 0.590. The van der Waals surface area contributed by atoms with Crippen molar-refractivity contribution in [3.8, 4) is 0 Å². The Hall–Kier alpha value is -1.45. The minimum absolute atomic E-state index is 0.000628. The molecule has 1 fully saturated rings. The van der Waals surface area contributed by atoms with Crippen molar-refractivity contribution >= 4 is 37.8 Å². The van der Waals surface area contributed by atoms with Gasteiger partial charge in [0.15, 0.2) is 0 Å². The van der Waals surface area contributed by atoms with Crippen molar-refractivity contribution < 1.29 is 22.7 Å². The molecule has 1 saturated heterocycles. The first kappa shape index (κ1) is 17.9. The van der Waals surface area contributed by atoms with Crippen LogP contribution < -0.4 is 5.32 Å². The minimum Gasteiger partial charge on any atom is -0.466 e. The number of halogens is 1. The number of amides is 1. The van der Waals surface area contributed by atoms with Crippen molar-refractivity contribution in [2.75, 3.05) is 12.4 Å². The zero-order valence-corrected chi connectivity index (χ0v) is 15.3. The fourth-order valence-corrected chi connectivity index (χ4v) is 5.11. The third kappa shape index (κ3) is 2.77. The highest BCUT2D eigenvalue weighted by Gasteiger charge is 2.60. The van der Waals surface area contributed by atoms with Gasteiger partial charge >= 0.3 is 5.97 Å². The average Bonchev–Trinajstić information content (AvgIpc) is 2.79. The summed E-state index contributed by atoms with van der Waals surface area (Å²) in [5.74, 6) is -1.42. The Kier molecular flexibility index (Phi) is 4.84. The van der Waals surface area contributed by atoms with Crippen molar-refractivity contribution in [1.82, 2.24) is 9.62 Å². The third-order valence-electron chi connectivity index (χ3n) is 3.73. The van der Waals surface area contributed by atoms with Crippen LogP contribution in [0.4, 0.5) is 0 Å². The number of hydrogen-bond donors (Lipinski definition) is 1. The second-order valence-electron chi connectivity index (χ2n) is 5.26. The van der Waals surface area contributed by atoms with Gasteiger partial charge in [-0.15, -0.1) is 4.31 Å². The van der Waals surface area contributed by atoms with Crippen LogP contribution in [0.5, 0.6) is 0 Å². The van der Waals surface area contributed by atoms with Gasteiger partial charge < -0.3 is 10.1 Å². The first-order valence-corrected chi connectivity index (χ1v) is 9.34. The number of hydrogen-bond acceptors (Lipinski definition) is 5. The first-order chi connectivity index (χ1) is 10.7. The number of benzene rings is 1. The van der Waals surface area contributed by atoms with E-state index in [9.17, 15) is 18.0 Å². The topological polar surface area (TPSA) is 92.8 Å². The van der Waals surface area contributed by atoms with E-state index in [2.05, 4.69) is 21.2 Å². The summed E-state index contributed by atoms with van der Waals surface area (Å²) in [5, 5.41) is 2.31. The zero-order valence-electron chi connectivity index (χ0n) is 12.9. The number of esters is 1. The second kappa shape index (κ2) is 6.21. The third-order valence-corrected chi connectivity index (χ3v) is 6.56. The van der Waals surface area contributed by atoms with Crippen LogP contribution in [0.1, 0.15) is 12.5 Å². The van der Waals surface area contributed by atoms with Crippen molar-refractivity contribution in [3.05, 3.63) is 29.8 Å². The van der Waals surface area contributed by atoms with E-state index in [0.717, 1.165) is 17.0 Å². The number of sulfonamides is 1. The van der Waals surface area contributed by atoms with E-state index >= 15 is 0 Å². The summed E-state index contributed by atoms with van der Waals surface area (Å²) in [6.45, 7) is 3.26. The molecule has 0 spiro atoms. The lowest BCUT2D eigenvalue weighted by Crippen LogP contribution is -2.62. The second-order valence-corrected chi connectivity index (χ2v) is 7.64. The summed E-state index contributed by atoms with van der Waals surface area (Å²) < 4.78 is 31.6.